The molecule has 0 atom stereocenters. The average Bonchev–Trinajstić information content (AvgIpc) is 3.03. The first-order valence-electron chi connectivity index (χ1n) is 9.08. The molecule has 0 bridgehead atoms. The monoisotopic (exact) mass is 372 g/mol. The Morgan fingerprint density at radius 3 is 2.70 bits per heavy atom. The van der Waals surface area contributed by atoms with E-state index in [0.29, 0.717) is 31.7 Å². The molecule has 0 saturated heterocycles. The number of carbonyl (C=O) groups excluding carboxylic acids is 1. The normalized spacial score (nSPS) is 13.4. The van der Waals surface area contributed by atoms with E-state index in [1.165, 1.54) is 6.33 Å². The number of fused-ring (bicyclic) bond motifs is 1. The lowest BCUT2D eigenvalue weighted by molar-refractivity contribution is 0.0242. The zero-order valence-electron chi connectivity index (χ0n) is 16.2. The molecule has 0 spiro atoms. The lowest BCUT2D eigenvalue weighted by Crippen LogP contribution is -2.33. The van der Waals surface area contributed by atoms with Crippen molar-refractivity contribution in [3.8, 4) is 0 Å². The van der Waals surface area contributed by atoms with Gasteiger partial charge in [-0.05, 0) is 43.9 Å². The second-order valence-electron chi connectivity index (χ2n) is 7.63. The minimum absolute atomic E-state index is 0.206. The molecule has 1 aromatic carbocycles. The summed E-state index contributed by atoms with van der Waals surface area (Å²) in [6.07, 6.45) is 1.57. The second kappa shape index (κ2) is 7.50. The summed E-state index contributed by atoms with van der Waals surface area (Å²) in [6, 6.07) is 6.02. The van der Waals surface area contributed by atoms with Crippen LogP contribution < -0.4 is 5.32 Å². The predicted molar refractivity (Wildman–Crippen MR) is 101 cm³/mol. The fraction of sp³-hybridized carbons (Fsp3) is 0.450. The highest BCUT2D eigenvalue weighted by Gasteiger charge is 2.27. The number of hydrogen-bond acceptors (Lipinski definition) is 5. The first-order chi connectivity index (χ1) is 12.8. The van der Waals surface area contributed by atoms with Gasteiger partial charge in [0.25, 0.3) is 0 Å². The van der Waals surface area contributed by atoms with E-state index in [2.05, 4.69) is 15.3 Å². The zero-order valence-corrected chi connectivity index (χ0v) is 16.2. The summed E-state index contributed by atoms with van der Waals surface area (Å²) in [5.74, 6) is -0.199. The molecular formula is C20H25FN4O2. The Balaban J connectivity index is 1.65. The van der Waals surface area contributed by atoms with Crippen molar-refractivity contribution in [3.63, 3.8) is 0 Å². The molecule has 144 valence electrons. The fourth-order valence-corrected chi connectivity index (χ4v) is 2.98. The summed E-state index contributed by atoms with van der Waals surface area (Å²) < 4.78 is 19.7. The summed E-state index contributed by atoms with van der Waals surface area (Å²) in [5, 5.41) is 3.03. The van der Waals surface area contributed by atoms with Gasteiger partial charge >= 0.3 is 6.09 Å². The van der Waals surface area contributed by atoms with Crippen LogP contribution in [0, 0.1) is 5.82 Å². The molecule has 1 amide bonds. The number of nitrogens with zero attached hydrogens (tertiary/aromatic N) is 3. The maximum atomic E-state index is 14.2. The standard InChI is InChI=1S/C20H25FN4O2/c1-5-16-17(21)18(24-12-23-16)22-9-13-6-7-14-10-25(11-15(14)8-13)19(26)27-20(2,3)4/h6-8,12H,5,9-11H2,1-4H3,(H,22,23,24). The highest BCUT2D eigenvalue weighted by Crippen LogP contribution is 2.26. The highest BCUT2D eigenvalue weighted by molar-refractivity contribution is 5.69. The van der Waals surface area contributed by atoms with Crippen molar-refractivity contribution < 1.29 is 13.9 Å². The van der Waals surface area contributed by atoms with E-state index in [9.17, 15) is 9.18 Å². The number of halogens is 1. The Kier molecular flexibility index (Phi) is 5.30. The van der Waals surface area contributed by atoms with Crippen LogP contribution in [0.2, 0.25) is 0 Å². The summed E-state index contributed by atoms with van der Waals surface area (Å²) in [6.45, 7) is 8.91. The lowest BCUT2D eigenvalue weighted by atomic mass is 10.1. The zero-order chi connectivity index (χ0) is 19.6. The molecular weight excluding hydrogens is 347 g/mol. The quantitative estimate of drug-likeness (QED) is 0.877. The van der Waals surface area contributed by atoms with Crippen LogP contribution in [0.3, 0.4) is 0 Å². The van der Waals surface area contributed by atoms with Gasteiger partial charge in [-0.15, -0.1) is 0 Å². The summed E-state index contributed by atoms with van der Waals surface area (Å²) in [7, 11) is 0. The van der Waals surface area contributed by atoms with Crippen molar-refractivity contribution >= 4 is 11.9 Å². The minimum atomic E-state index is -0.514. The van der Waals surface area contributed by atoms with Gasteiger partial charge in [0.15, 0.2) is 11.6 Å². The van der Waals surface area contributed by atoms with E-state index < -0.39 is 11.4 Å². The molecule has 1 aliphatic heterocycles. The first-order valence-corrected chi connectivity index (χ1v) is 9.08. The molecule has 2 heterocycles. The molecule has 0 unspecified atom stereocenters. The minimum Gasteiger partial charge on any atom is -0.444 e. The molecule has 0 saturated carbocycles. The van der Waals surface area contributed by atoms with Gasteiger partial charge in [0.1, 0.15) is 11.9 Å². The van der Waals surface area contributed by atoms with Gasteiger partial charge in [-0.25, -0.2) is 19.2 Å². The molecule has 0 radical (unpaired) electrons. The molecule has 0 aliphatic carbocycles. The van der Waals surface area contributed by atoms with E-state index in [1.807, 2.05) is 45.9 Å². The van der Waals surface area contributed by atoms with Crippen LogP contribution >= 0.6 is 0 Å². The Morgan fingerprint density at radius 2 is 2.00 bits per heavy atom. The molecule has 2 aromatic rings. The average molecular weight is 372 g/mol. The van der Waals surface area contributed by atoms with Gasteiger partial charge in [0, 0.05) is 19.6 Å². The Hall–Kier alpha value is -2.70. The van der Waals surface area contributed by atoms with E-state index in [4.69, 9.17) is 4.74 Å². The lowest BCUT2D eigenvalue weighted by Gasteiger charge is -2.24. The SMILES string of the molecule is CCc1ncnc(NCc2ccc3c(c2)CN(C(=O)OC(C)(C)C)C3)c1F. The van der Waals surface area contributed by atoms with Crippen LogP contribution in [0.25, 0.3) is 0 Å². The number of hydrogen-bond donors (Lipinski definition) is 1. The van der Waals surface area contributed by atoms with E-state index >= 15 is 0 Å². The Morgan fingerprint density at radius 1 is 1.26 bits per heavy atom. The van der Waals surface area contributed by atoms with Crippen molar-refractivity contribution in [1.82, 2.24) is 14.9 Å². The van der Waals surface area contributed by atoms with Gasteiger partial charge in [0.05, 0.1) is 5.69 Å². The summed E-state index contributed by atoms with van der Waals surface area (Å²) >= 11 is 0. The number of rotatable bonds is 4. The largest absolute Gasteiger partial charge is 0.444 e. The number of amides is 1. The molecule has 1 aliphatic rings. The van der Waals surface area contributed by atoms with Crippen molar-refractivity contribution in [2.45, 2.75) is 59.4 Å². The smallest absolute Gasteiger partial charge is 0.410 e. The molecule has 1 aromatic heterocycles. The van der Waals surface area contributed by atoms with E-state index in [0.717, 1.165) is 16.7 Å². The molecule has 3 rings (SSSR count). The highest BCUT2D eigenvalue weighted by atomic mass is 19.1. The van der Waals surface area contributed by atoms with E-state index in [-0.39, 0.29) is 11.9 Å². The van der Waals surface area contributed by atoms with Crippen molar-refractivity contribution in [2.75, 3.05) is 5.32 Å². The van der Waals surface area contributed by atoms with Crippen molar-refractivity contribution in [3.05, 3.63) is 52.7 Å². The maximum Gasteiger partial charge on any atom is 0.410 e. The van der Waals surface area contributed by atoms with Crippen molar-refractivity contribution in [1.29, 1.82) is 0 Å². The van der Waals surface area contributed by atoms with Crippen LogP contribution in [0.15, 0.2) is 24.5 Å². The molecule has 27 heavy (non-hydrogen) atoms. The number of nitrogens with one attached hydrogen (secondary N) is 1. The van der Waals surface area contributed by atoms with Crippen LogP contribution in [-0.2, 0) is 30.8 Å². The number of carbonyl (C=O) groups is 1. The summed E-state index contributed by atoms with van der Waals surface area (Å²) in [5.41, 5.74) is 3.06. The predicted octanol–water partition coefficient (Wildman–Crippen LogP) is 4.04. The molecule has 1 N–H and O–H groups in total. The number of aryl methyl sites for hydroxylation is 1. The van der Waals surface area contributed by atoms with Crippen molar-refractivity contribution in [2.24, 2.45) is 0 Å². The molecule has 0 fully saturated rings. The third kappa shape index (κ3) is 4.53. The number of anilines is 1. The first kappa shape index (κ1) is 19.1. The van der Waals surface area contributed by atoms with Crippen LogP contribution in [0.1, 0.15) is 50.1 Å². The van der Waals surface area contributed by atoms with Gasteiger partial charge in [-0.2, -0.15) is 0 Å². The Labute approximate surface area is 158 Å². The van der Waals surface area contributed by atoms with Crippen LogP contribution in [-0.4, -0.2) is 26.6 Å². The van der Waals surface area contributed by atoms with Gasteiger partial charge in [0.2, 0.25) is 0 Å². The summed E-state index contributed by atoms with van der Waals surface area (Å²) in [4.78, 5) is 21.9. The number of aromatic nitrogens is 2. The van der Waals surface area contributed by atoms with Gasteiger partial charge in [-0.1, -0.05) is 25.1 Å². The van der Waals surface area contributed by atoms with E-state index in [1.54, 1.807) is 4.90 Å². The maximum absolute atomic E-state index is 14.2. The molecule has 7 heteroatoms. The van der Waals surface area contributed by atoms with Crippen LogP contribution in [0.4, 0.5) is 15.0 Å². The Bertz CT molecular complexity index is 848. The third-order valence-corrected chi connectivity index (χ3v) is 4.30. The third-order valence-electron chi connectivity index (χ3n) is 4.30. The topological polar surface area (TPSA) is 67.4 Å². The van der Waals surface area contributed by atoms with Gasteiger partial charge in [-0.3, -0.25) is 4.90 Å². The fourth-order valence-electron chi connectivity index (χ4n) is 2.98. The number of ether oxygens (including phenoxy) is 1. The van der Waals surface area contributed by atoms with Gasteiger partial charge < -0.3 is 10.1 Å². The molecule has 6 nitrogen and oxygen atoms in total. The van der Waals surface area contributed by atoms with Crippen LogP contribution in [0.5, 0.6) is 0 Å². The number of benzene rings is 1. The second-order valence-corrected chi connectivity index (χ2v) is 7.63.